The number of nitrogens with zero attached hydrogens (tertiary/aromatic N) is 7. The van der Waals surface area contributed by atoms with Gasteiger partial charge in [0, 0.05) is 44.0 Å². The van der Waals surface area contributed by atoms with Crippen LogP contribution in [0.1, 0.15) is 37.3 Å². The number of carboxylic acid groups (broad SMARTS) is 1. The topological polar surface area (TPSA) is 154 Å². The summed E-state index contributed by atoms with van der Waals surface area (Å²) >= 11 is 0. The molecule has 0 aliphatic heterocycles. The van der Waals surface area contributed by atoms with E-state index in [4.69, 9.17) is 4.74 Å². The van der Waals surface area contributed by atoms with Crippen LogP contribution < -0.4 is 15.4 Å². The van der Waals surface area contributed by atoms with Crippen molar-refractivity contribution in [3.63, 3.8) is 0 Å². The van der Waals surface area contributed by atoms with Gasteiger partial charge in [0.25, 0.3) is 0 Å². The number of amides is 1. The first-order valence-electron chi connectivity index (χ1n) is 12.7. The number of aliphatic hydroxyl groups excluding tert-OH is 1. The number of methoxy groups -OCH3 is 1. The summed E-state index contributed by atoms with van der Waals surface area (Å²) in [5.74, 6) is 0.889. The molecule has 208 valence electrons. The normalized spacial score (nSPS) is 12.3. The fourth-order valence-corrected chi connectivity index (χ4v) is 4.21. The van der Waals surface area contributed by atoms with E-state index >= 15 is 0 Å². The molecule has 0 saturated carbocycles. The molecule has 3 rings (SSSR count). The van der Waals surface area contributed by atoms with Crippen LogP contribution in [0.25, 0.3) is 11.0 Å². The van der Waals surface area contributed by atoms with Crippen molar-refractivity contribution in [3.05, 3.63) is 29.6 Å². The van der Waals surface area contributed by atoms with E-state index in [0.717, 1.165) is 43.6 Å². The van der Waals surface area contributed by atoms with Crippen LogP contribution in [0.2, 0.25) is 0 Å². The second kappa shape index (κ2) is 13.8. The first-order valence-corrected chi connectivity index (χ1v) is 12.7. The molecule has 13 nitrogen and oxygen atoms in total. The predicted octanol–water partition coefficient (Wildman–Crippen LogP) is 2.32. The number of rotatable bonds is 15. The monoisotopic (exact) mass is 529 g/mol. The third kappa shape index (κ3) is 7.97. The largest absolute Gasteiger partial charge is 0.481 e. The van der Waals surface area contributed by atoms with E-state index in [1.807, 2.05) is 6.20 Å². The van der Waals surface area contributed by atoms with Crippen LogP contribution in [0.3, 0.4) is 0 Å². The van der Waals surface area contributed by atoms with Crippen molar-refractivity contribution in [1.82, 2.24) is 34.5 Å². The molecule has 0 spiro atoms. The number of aromatic nitrogens is 5. The van der Waals surface area contributed by atoms with Crippen LogP contribution in [-0.4, -0.2) is 105 Å². The van der Waals surface area contributed by atoms with Crippen LogP contribution in [0.15, 0.2) is 18.5 Å². The number of fused-ring (bicyclic) bond motifs is 1. The molecular formula is C25H39N9O4. The molecule has 0 unspecified atom stereocenters. The second-order valence-electron chi connectivity index (χ2n) is 9.56. The summed E-state index contributed by atoms with van der Waals surface area (Å²) in [4.78, 5) is 28.9. The molecule has 0 fully saturated rings. The zero-order valence-corrected chi connectivity index (χ0v) is 22.8. The van der Waals surface area contributed by atoms with Gasteiger partial charge in [0.2, 0.25) is 11.8 Å². The van der Waals surface area contributed by atoms with E-state index in [-0.39, 0.29) is 18.6 Å². The van der Waals surface area contributed by atoms with Gasteiger partial charge < -0.3 is 30.1 Å². The third-order valence-electron chi connectivity index (χ3n) is 6.04. The predicted molar refractivity (Wildman–Crippen MR) is 146 cm³/mol. The molecule has 0 radical (unpaired) electrons. The summed E-state index contributed by atoms with van der Waals surface area (Å²) in [6.45, 7) is 5.03. The Hall–Kier alpha value is -3.55. The summed E-state index contributed by atoms with van der Waals surface area (Å²) < 4.78 is 7.30. The number of pyridine rings is 1. The molecular weight excluding hydrogens is 490 g/mol. The van der Waals surface area contributed by atoms with Crippen molar-refractivity contribution < 1.29 is 19.7 Å². The van der Waals surface area contributed by atoms with E-state index in [0.29, 0.717) is 35.7 Å². The number of carbonyl (C=O) groups is 1. The van der Waals surface area contributed by atoms with Crippen molar-refractivity contribution in [2.75, 3.05) is 58.6 Å². The molecule has 1 atom stereocenters. The van der Waals surface area contributed by atoms with E-state index in [1.165, 1.54) is 0 Å². The lowest BCUT2D eigenvalue weighted by Gasteiger charge is -2.20. The molecule has 1 amide bonds. The molecule has 0 aromatic carbocycles. The van der Waals surface area contributed by atoms with Crippen LogP contribution in [0.5, 0.6) is 5.88 Å². The molecule has 3 aromatic heterocycles. The zero-order valence-electron chi connectivity index (χ0n) is 22.8. The quantitative estimate of drug-likeness (QED) is 0.229. The van der Waals surface area contributed by atoms with Gasteiger partial charge in [0.05, 0.1) is 19.9 Å². The molecule has 4 N–H and O–H groups in total. The van der Waals surface area contributed by atoms with Crippen LogP contribution in [0, 0.1) is 0 Å². The number of hydrogen-bond acceptors (Lipinski definition) is 10. The van der Waals surface area contributed by atoms with Gasteiger partial charge in [-0.2, -0.15) is 10.1 Å². The van der Waals surface area contributed by atoms with Crippen molar-refractivity contribution in [2.24, 2.45) is 0 Å². The highest BCUT2D eigenvalue weighted by atomic mass is 16.5. The van der Waals surface area contributed by atoms with Crippen molar-refractivity contribution >= 4 is 28.9 Å². The van der Waals surface area contributed by atoms with E-state index in [9.17, 15) is 15.0 Å². The smallest absolute Gasteiger partial charge is 0.411 e. The first kappa shape index (κ1) is 29.0. The second-order valence-corrected chi connectivity index (χ2v) is 9.56. The zero-order chi connectivity index (χ0) is 27.7. The molecule has 13 heteroatoms. The number of ether oxygens (including phenoxy) is 1. The fraction of sp³-hybridized carbons (Fsp3) is 0.560. The highest BCUT2D eigenvalue weighted by Gasteiger charge is 2.19. The Morgan fingerprint density at radius 3 is 2.63 bits per heavy atom. The number of aliphatic hydroxyl groups is 1. The Balaban J connectivity index is 1.97. The minimum Gasteiger partial charge on any atom is -0.481 e. The number of nitrogens with one attached hydrogen (secondary N) is 2. The lowest BCUT2D eigenvalue weighted by atomic mass is 10.1. The molecule has 38 heavy (non-hydrogen) atoms. The summed E-state index contributed by atoms with van der Waals surface area (Å²) in [5.41, 5.74) is 3.00. The van der Waals surface area contributed by atoms with Gasteiger partial charge >= 0.3 is 6.09 Å². The average molecular weight is 530 g/mol. The van der Waals surface area contributed by atoms with Gasteiger partial charge in [0.15, 0.2) is 5.82 Å². The Kier molecular flexibility index (Phi) is 10.6. The highest BCUT2D eigenvalue weighted by Crippen LogP contribution is 2.26. The molecule has 3 aromatic rings. The first-order chi connectivity index (χ1) is 18.2. The van der Waals surface area contributed by atoms with Gasteiger partial charge in [-0.25, -0.2) is 14.8 Å². The lowest BCUT2D eigenvalue weighted by molar-refractivity contribution is 0.209. The van der Waals surface area contributed by atoms with Crippen molar-refractivity contribution in [2.45, 2.75) is 45.3 Å². The maximum absolute atomic E-state index is 11.3. The number of likely N-dealkylation sites (N-methyl/N-ethyl adjacent to an activating group) is 2. The maximum Gasteiger partial charge on any atom is 0.411 e. The van der Waals surface area contributed by atoms with E-state index in [2.05, 4.69) is 74.6 Å². The molecule has 0 saturated heterocycles. The van der Waals surface area contributed by atoms with Crippen LogP contribution >= 0.6 is 0 Å². The van der Waals surface area contributed by atoms with Gasteiger partial charge in [-0.1, -0.05) is 13.3 Å². The number of hydrogen-bond donors (Lipinski definition) is 4. The summed E-state index contributed by atoms with van der Waals surface area (Å²) in [6, 6.07) is 2.01. The van der Waals surface area contributed by atoms with Crippen molar-refractivity contribution in [1.29, 1.82) is 0 Å². The van der Waals surface area contributed by atoms with Gasteiger partial charge in [-0.05, 0) is 45.6 Å². The summed E-state index contributed by atoms with van der Waals surface area (Å²) in [5, 5.41) is 28.9. The van der Waals surface area contributed by atoms with Gasteiger partial charge in [-0.15, -0.1) is 0 Å². The van der Waals surface area contributed by atoms with Crippen LogP contribution in [0.4, 0.5) is 16.6 Å². The van der Waals surface area contributed by atoms with Crippen molar-refractivity contribution in [3.8, 4) is 5.88 Å². The summed E-state index contributed by atoms with van der Waals surface area (Å²) in [7, 11) is 7.76. The molecule has 3 heterocycles. The Labute approximate surface area is 222 Å². The third-order valence-corrected chi connectivity index (χ3v) is 6.04. The standard InChI is InChI=1S/C25H39N9O4/c1-6-7-19(8-11-35)28-22-21-20(29-24(30-22)31-25(36)37)14-27-34(21)16-18-12-17(13-26-23(18)38-5)15-33(4)10-9-32(2)3/h12-14,19,35H,6-11,15-16H2,1-5H3,(H,36,37)(H2,28,29,30,31)/t19-/m0/s1. The minimum absolute atomic E-state index is 0.0179. The van der Waals surface area contributed by atoms with Crippen LogP contribution in [-0.2, 0) is 13.1 Å². The lowest BCUT2D eigenvalue weighted by Crippen LogP contribution is -2.28. The Morgan fingerprint density at radius 2 is 1.97 bits per heavy atom. The molecule has 0 aliphatic carbocycles. The Morgan fingerprint density at radius 1 is 1.18 bits per heavy atom. The molecule has 0 aliphatic rings. The summed E-state index contributed by atoms with van der Waals surface area (Å²) in [6.07, 6.45) is 4.38. The Bertz CT molecular complexity index is 1200. The number of anilines is 2. The fourth-order valence-electron chi connectivity index (χ4n) is 4.21. The minimum atomic E-state index is -1.26. The van der Waals surface area contributed by atoms with E-state index in [1.54, 1.807) is 18.0 Å². The van der Waals surface area contributed by atoms with Gasteiger partial charge in [-0.3, -0.25) is 10.00 Å². The molecule has 0 bridgehead atoms. The van der Waals surface area contributed by atoms with E-state index < -0.39 is 6.09 Å². The average Bonchev–Trinajstić information content (AvgIpc) is 3.25. The SMILES string of the molecule is CCC[C@@H](CCO)Nc1nc(NC(=O)O)nc2cnn(Cc3cc(CN(C)CCN(C)C)cnc3OC)c12. The highest BCUT2D eigenvalue weighted by molar-refractivity contribution is 5.89. The van der Waals surface area contributed by atoms with Gasteiger partial charge in [0.1, 0.15) is 11.0 Å². The maximum atomic E-state index is 11.3.